The Kier molecular flexibility index (Phi) is 6.19. The van der Waals surface area contributed by atoms with Crippen LogP contribution >= 0.6 is 0 Å². The third-order valence-electron chi connectivity index (χ3n) is 5.29. The number of carbonyl (C=O) groups is 2. The Morgan fingerprint density at radius 2 is 1.97 bits per heavy atom. The monoisotopic (exact) mass is 407 g/mol. The number of amides is 2. The molecule has 2 aliphatic carbocycles. The van der Waals surface area contributed by atoms with Crippen LogP contribution in [0.2, 0.25) is 0 Å². The smallest absolute Gasteiger partial charge is 0.272 e. The van der Waals surface area contributed by atoms with Gasteiger partial charge in [0, 0.05) is 12.5 Å². The van der Waals surface area contributed by atoms with Crippen molar-refractivity contribution in [1.82, 2.24) is 10.6 Å². The van der Waals surface area contributed by atoms with Gasteiger partial charge in [-0.1, -0.05) is 18.9 Å². The van der Waals surface area contributed by atoms with Crippen molar-refractivity contribution in [3.05, 3.63) is 29.3 Å². The van der Waals surface area contributed by atoms with Crippen LogP contribution in [0.15, 0.2) is 18.2 Å². The molecule has 158 valence electrons. The minimum atomic E-state index is -2.60. The van der Waals surface area contributed by atoms with Gasteiger partial charge >= 0.3 is 0 Å². The number of carbonyl (C=O) groups excluding carboxylic acids is 2. The third kappa shape index (κ3) is 5.74. The Balaban J connectivity index is 1.78. The summed E-state index contributed by atoms with van der Waals surface area (Å²) in [5.41, 5.74) is 0.0912. The molecule has 2 fully saturated rings. The second kappa shape index (κ2) is 8.47. The van der Waals surface area contributed by atoms with Gasteiger partial charge in [-0.2, -0.15) is 0 Å². The molecule has 2 aliphatic rings. The van der Waals surface area contributed by atoms with E-state index in [2.05, 4.69) is 10.6 Å². The fourth-order valence-corrected chi connectivity index (χ4v) is 3.44. The predicted molar refractivity (Wildman–Crippen MR) is 105 cm³/mol. The number of halogens is 2. The Morgan fingerprint density at radius 1 is 1.28 bits per heavy atom. The largest absolute Gasteiger partial charge is 0.487 e. The van der Waals surface area contributed by atoms with Crippen molar-refractivity contribution in [3.63, 3.8) is 0 Å². The van der Waals surface area contributed by atoms with Crippen molar-refractivity contribution >= 4 is 17.6 Å². The maximum Gasteiger partial charge on any atom is 0.272 e. The Hall–Kier alpha value is -2.51. The van der Waals surface area contributed by atoms with Crippen molar-refractivity contribution in [2.24, 2.45) is 5.92 Å². The molecule has 2 saturated carbocycles. The van der Waals surface area contributed by atoms with Gasteiger partial charge in [-0.25, -0.2) is 8.78 Å². The van der Waals surface area contributed by atoms with Crippen molar-refractivity contribution in [2.75, 3.05) is 6.61 Å². The number of rotatable bonds is 9. The van der Waals surface area contributed by atoms with Crippen molar-refractivity contribution in [2.45, 2.75) is 63.8 Å². The van der Waals surface area contributed by atoms with E-state index in [0.29, 0.717) is 18.1 Å². The first kappa shape index (κ1) is 21.2. The van der Waals surface area contributed by atoms with Gasteiger partial charge in [-0.05, 0) is 55.7 Å². The van der Waals surface area contributed by atoms with Crippen LogP contribution in [0.5, 0.6) is 5.75 Å². The average Bonchev–Trinajstić information content (AvgIpc) is 3.53. The highest BCUT2D eigenvalue weighted by molar-refractivity contribution is 6.04. The molecule has 29 heavy (non-hydrogen) atoms. The van der Waals surface area contributed by atoms with Crippen molar-refractivity contribution in [3.8, 4) is 5.75 Å². The maximum absolute atomic E-state index is 12.9. The topological polar surface area (TPSA) is 91.3 Å². The third-order valence-corrected chi connectivity index (χ3v) is 5.29. The summed E-state index contributed by atoms with van der Waals surface area (Å²) in [6.45, 7) is 2.31. The fourth-order valence-electron chi connectivity index (χ4n) is 3.44. The molecule has 0 unspecified atom stereocenters. The van der Waals surface area contributed by atoms with Crippen LogP contribution in [0.3, 0.4) is 0 Å². The summed E-state index contributed by atoms with van der Waals surface area (Å²) in [4.78, 5) is 24.3. The van der Waals surface area contributed by atoms with E-state index in [1.807, 2.05) is 0 Å². The molecule has 0 bridgehead atoms. The SMILES string of the molecule is CC(=O)NC(=N)[C@@](C)(CC1CC1)NC(=O)c1ccc(C2CC2)c(OCC(F)F)c1. The second-order valence-corrected chi connectivity index (χ2v) is 8.22. The number of amidine groups is 1. The van der Waals surface area contributed by atoms with Crippen LogP contribution < -0.4 is 15.4 Å². The summed E-state index contributed by atoms with van der Waals surface area (Å²) in [6.07, 6.45) is 1.96. The molecule has 1 atom stereocenters. The van der Waals surface area contributed by atoms with Gasteiger partial charge < -0.3 is 15.4 Å². The Morgan fingerprint density at radius 3 is 2.52 bits per heavy atom. The lowest BCUT2D eigenvalue weighted by atomic mass is 9.92. The van der Waals surface area contributed by atoms with Gasteiger partial charge in [0.15, 0.2) is 0 Å². The van der Waals surface area contributed by atoms with Gasteiger partial charge in [0.05, 0.1) is 5.54 Å². The molecule has 3 N–H and O–H groups in total. The number of alkyl halides is 2. The van der Waals surface area contributed by atoms with Crippen molar-refractivity contribution < 1.29 is 23.1 Å². The van der Waals surface area contributed by atoms with E-state index in [-0.39, 0.29) is 23.2 Å². The minimum absolute atomic E-state index is 0.0611. The number of hydrogen-bond acceptors (Lipinski definition) is 4. The molecular formula is C21H27F2N3O3. The lowest BCUT2D eigenvalue weighted by Gasteiger charge is -2.31. The summed E-state index contributed by atoms with van der Waals surface area (Å²) < 4.78 is 30.5. The van der Waals surface area contributed by atoms with E-state index in [1.54, 1.807) is 19.1 Å². The van der Waals surface area contributed by atoms with Crippen LogP contribution in [-0.4, -0.2) is 36.2 Å². The molecule has 0 radical (unpaired) electrons. The summed E-state index contributed by atoms with van der Waals surface area (Å²) in [5.74, 6) is 0.120. The number of ether oxygens (including phenoxy) is 1. The van der Waals surface area contributed by atoms with Crippen LogP contribution in [0.25, 0.3) is 0 Å². The van der Waals surface area contributed by atoms with Crippen LogP contribution in [0.1, 0.15) is 67.8 Å². The zero-order valence-electron chi connectivity index (χ0n) is 16.7. The molecule has 0 saturated heterocycles. The van der Waals surface area contributed by atoms with E-state index >= 15 is 0 Å². The van der Waals surface area contributed by atoms with E-state index < -0.39 is 24.5 Å². The van der Waals surface area contributed by atoms with Gasteiger partial charge in [0.2, 0.25) is 5.91 Å². The van der Waals surface area contributed by atoms with E-state index in [0.717, 1.165) is 31.2 Å². The first-order chi connectivity index (χ1) is 13.7. The fraction of sp³-hybridized carbons (Fsp3) is 0.571. The molecule has 3 rings (SSSR count). The van der Waals surface area contributed by atoms with Crippen LogP contribution in [0, 0.1) is 11.3 Å². The summed E-state index contributed by atoms with van der Waals surface area (Å²) in [5, 5.41) is 13.6. The second-order valence-electron chi connectivity index (χ2n) is 8.22. The van der Waals surface area contributed by atoms with Gasteiger partial charge in [-0.15, -0.1) is 0 Å². The van der Waals surface area contributed by atoms with Gasteiger partial charge in [-0.3, -0.25) is 15.0 Å². The summed E-state index contributed by atoms with van der Waals surface area (Å²) >= 11 is 0. The maximum atomic E-state index is 12.9. The first-order valence-electron chi connectivity index (χ1n) is 9.92. The summed E-state index contributed by atoms with van der Waals surface area (Å²) in [6, 6.07) is 4.90. The van der Waals surface area contributed by atoms with Crippen LogP contribution in [0.4, 0.5) is 8.78 Å². The lowest BCUT2D eigenvalue weighted by molar-refractivity contribution is -0.117. The normalized spacial score (nSPS) is 18.1. The zero-order chi connectivity index (χ0) is 21.2. The number of nitrogens with one attached hydrogen (secondary N) is 3. The van der Waals surface area contributed by atoms with E-state index in [4.69, 9.17) is 10.1 Å². The highest BCUT2D eigenvalue weighted by Crippen LogP contribution is 2.44. The summed E-state index contributed by atoms with van der Waals surface area (Å²) in [7, 11) is 0. The number of benzene rings is 1. The van der Waals surface area contributed by atoms with Crippen molar-refractivity contribution in [1.29, 1.82) is 5.41 Å². The molecule has 0 heterocycles. The molecule has 2 amide bonds. The molecule has 1 aromatic rings. The van der Waals surface area contributed by atoms with E-state index in [9.17, 15) is 18.4 Å². The van der Waals surface area contributed by atoms with E-state index in [1.165, 1.54) is 13.0 Å². The molecule has 8 heteroatoms. The van der Waals surface area contributed by atoms with Gasteiger partial charge in [0.25, 0.3) is 12.3 Å². The molecular weight excluding hydrogens is 380 g/mol. The molecule has 0 aromatic heterocycles. The molecule has 0 spiro atoms. The highest BCUT2D eigenvalue weighted by atomic mass is 19.3. The standard InChI is InChI=1S/C21H27F2N3O3/c1-12(27)25-20(24)21(2,10-13-3-4-13)26-19(28)15-7-8-16(14-5-6-14)17(9-15)29-11-18(22)23/h7-9,13-14,18H,3-6,10-11H2,1-2H3,(H,26,28)(H2,24,25,27)/t21-/m1/s1. The molecule has 0 aliphatic heterocycles. The minimum Gasteiger partial charge on any atom is -0.487 e. The zero-order valence-corrected chi connectivity index (χ0v) is 16.7. The first-order valence-corrected chi connectivity index (χ1v) is 9.92. The lowest BCUT2D eigenvalue weighted by Crippen LogP contribution is -2.57. The average molecular weight is 407 g/mol. The highest BCUT2D eigenvalue weighted by Gasteiger charge is 2.39. The Bertz CT molecular complexity index is 806. The van der Waals surface area contributed by atoms with Crippen LogP contribution in [-0.2, 0) is 4.79 Å². The quantitative estimate of drug-likeness (QED) is 0.431. The molecule has 6 nitrogen and oxygen atoms in total. The van der Waals surface area contributed by atoms with Gasteiger partial charge in [0.1, 0.15) is 18.2 Å². The Labute approximate surface area is 168 Å². The predicted octanol–water partition coefficient (Wildman–Crippen LogP) is 3.61. The molecule has 1 aromatic carbocycles. The number of hydrogen-bond donors (Lipinski definition) is 3.